The van der Waals surface area contributed by atoms with Gasteiger partial charge in [-0.3, -0.25) is 34.2 Å². The fourth-order valence-electron chi connectivity index (χ4n) is 3.97. The molecule has 31 heavy (non-hydrogen) atoms. The Labute approximate surface area is 177 Å². The average Bonchev–Trinajstić information content (AvgIpc) is 3.00. The molecule has 0 radical (unpaired) electrons. The first kappa shape index (κ1) is 20.3. The molecule has 0 bridgehead atoms. The van der Waals surface area contributed by atoms with E-state index >= 15 is 0 Å². The van der Waals surface area contributed by atoms with Gasteiger partial charge in [-0.15, -0.1) is 0 Å². The summed E-state index contributed by atoms with van der Waals surface area (Å²) in [4.78, 5) is 62.1. The second kappa shape index (κ2) is 8.02. The largest absolute Gasteiger partial charge is 0.384 e. The van der Waals surface area contributed by atoms with E-state index < -0.39 is 35.6 Å². The van der Waals surface area contributed by atoms with Crippen LogP contribution in [0.5, 0.6) is 0 Å². The lowest BCUT2D eigenvalue weighted by molar-refractivity contribution is -0.136. The molecule has 4 rings (SSSR count). The molecular formula is C22H20N4O5. The van der Waals surface area contributed by atoms with Crippen LogP contribution in [0.25, 0.3) is 0 Å². The summed E-state index contributed by atoms with van der Waals surface area (Å²) < 4.78 is 0. The number of amides is 5. The zero-order valence-electron chi connectivity index (χ0n) is 16.5. The predicted molar refractivity (Wildman–Crippen MR) is 110 cm³/mol. The molecule has 2 aromatic rings. The van der Waals surface area contributed by atoms with Crippen molar-refractivity contribution in [1.29, 1.82) is 0 Å². The van der Waals surface area contributed by atoms with Crippen LogP contribution >= 0.6 is 0 Å². The van der Waals surface area contributed by atoms with Crippen LogP contribution in [0.4, 0.5) is 5.69 Å². The van der Waals surface area contributed by atoms with Gasteiger partial charge in [-0.05, 0) is 36.6 Å². The van der Waals surface area contributed by atoms with Crippen LogP contribution in [-0.4, -0.2) is 47.0 Å². The topological polar surface area (TPSA) is 139 Å². The van der Waals surface area contributed by atoms with Crippen molar-refractivity contribution in [3.8, 4) is 0 Å². The van der Waals surface area contributed by atoms with Crippen molar-refractivity contribution < 1.29 is 24.0 Å². The maximum atomic E-state index is 13.1. The Morgan fingerprint density at radius 2 is 1.84 bits per heavy atom. The lowest BCUT2D eigenvalue weighted by Crippen LogP contribution is -2.54. The highest BCUT2D eigenvalue weighted by Crippen LogP contribution is 2.32. The summed E-state index contributed by atoms with van der Waals surface area (Å²) in [7, 11) is 0. The first-order valence-electron chi connectivity index (χ1n) is 9.84. The standard InChI is InChI=1S/C22H20N4O5/c23-19(28)13-5-2-1-4-12(13)10-11-24-15-7-3-6-14-18(15)22(31)26(21(14)30)16-8-9-17(27)25-20(16)29/h1-7,16,24H,8-11H2,(H2,23,28)(H,25,27,29). The molecule has 2 aromatic carbocycles. The van der Waals surface area contributed by atoms with Gasteiger partial charge in [-0.25, -0.2) is 0 Å². The Kier molecular flexibility index (Phi) is 5.24. The Balaban J connectivity index is 1.53. The smallest absolute Gasteiger partial charge is 0.264 e. The summed E-state index contributed by atoms with van der Waals surface area (Å²) in [6, 6.07) is 10.8. The highest BCUT2D eigenvalue weighted by molar-refractivity contribution is 6.25. The molecule has 0 saturated carbocycles. The SMILES string of the molecule is NC(=O)c1ccccc1CCNc1cccc2c1C(=O)N(C1CCC(=O)NC1=O)C2=O. The Morgan fingerprint density at radius 1 is 1.06 bits per heavy atom. The molecule has 158 valence electrons. The maximum absolute atomic E-state index is 13.1. The first-order valence-corrected chi connectivity index (χ1v) is 9.84. The summed E-state index contributed by atoms with van der Waals surface area (Å²) in [5.74, 6) is -2.72. The van der Waals surface area contributed by atoms with E-state index in [-0.39, 0.29) is 24.0 Å². The molecule has 0 aliphatic carbocycles. The van der Waals surface area contributed by atoms with Crippen molar-refractivity contribution in [2.24, 2.45) is 5.73 Å². The van der Waals surface area contributed by atoms with E-state index in [1.165, 1.54) is 6.07 Å². The van der Waals surface area contributed by atoms with Crippen LogP contribution in [0.3, 0.4) is 0 Å². The number of anilines is 1. The first-order chi connectivity index (χ1) is 14.9. The van der Waals surface area contributed by atoms with E-state index in [2.05, 4.69) is 10.6 Å². The minimum absolute atomic E-state index is 0.0637. The van der Waals surface area contributed by atoms with Gasteiger partial charge in [0.25, 0.3) is 11.8 Å². The zero-order chi connectivity index (χ0) is 22.1. The molecule has 5 amide bonds. The summed E-state index contributed by atoms with van der Waals surface area (Å²) in [5.41, 5.74) is 7.47. The quantitative estimate of drug-likeness (QED) is 0.592. The van der Waals surface area contributed by atoms with Crippen LogP contribution in [0.1, 0.15) is 49.5 Å². The van der Waals surface area contributed by atoms with Gasteiger partial charge in [0.1, 0.15) is 6.04 Å². The molecule has 4 N–H and O–H groups in total. The van der Waals surface area contributed by atoms with E-state index in [4.69, 9.17) is 5.73 Å². The van der Waals surface area contributed by atoms with Crippen LogP contribution < -0.4 is 16.4 Å². The number of hydrogen-bond donors (Lipinski definition) is 3. The highest BCUT2D eigenvalue weighted by Gasteiger charge is 2.45. The van der Waals surface area contributed by atoms with E-state index in [9.17, 15) is 24.0 Å². The van der Waals surface area contributed by atoms with Gasteiger partial charge in [0.05, 0.1) is 11.1 Å². The molecule has 2 aliphatic rings. The number of imide groups is 2. The number of fused-ring (bicyclic) bond motifs is 1. The Morgan fingerprint density at radius 3 is 2.58 bits per heavy atom. The Hall–Kier alpha value is -4.01. The van der Waals surface area contributed by atoms with Gasteiger partial charge in [-0.2, -0.15) is 0 Å². The van der Waals surface area contributed by atoms with E-state index in [1.54, 1.807) is 30.3 Å². The lowest BCUT2D eigenvalue weighted by Gasteiger charge is -2.27. The molecule has 2 heterocycles. The molecule has 1 saturated heterocycles. The number of hydrogen-bond acceptors (Lipinski definition) is 6. The van der Waals surface area contributed by atoms with Gasteiger partial charge < -0.3 is 11.1 Å². The van der Waals surface area contributed by atoms with Crippen molar-refractivity contribution in [2.45, 2.75) is 25.3 Å². The van der Waals surface area contributed by atoms with Crippen LogP contribution in [0, 0.1) is 0 Å². The Bertz CT molecular complexity index is 1130. The molecule has 9 heteroatoms. The molecule has 2 aliphatic heterocycles. The summed E-state index contributed by atoms with van der Waals surface area (Å²) >= 11 is 0. The monoisotopic (exact) mass is 420 g/mol. The zero-order valence-corrected chi connectivity index (χ0v) is 16.5. The second-order valence-electron chi connectivity index (χ2n) is 7.37. The molecule has 0 aromatic heterocycles. The number of nitrogens with one attached hydrogen (secondary N) is 2. The van der Waals surface area contributed by atoms with Crippen molar-refractivity contribution >= 4 is 35.2 Å². The molecule has 1 atom stereocenters. The van der Waals surface area contributed by atoms with Crippen molar-refractivity contribution in [1.82, 2.24) is 10.2 Å². The summed E-state index contributed by atoms with van der Waals surface area (Å²) in [6.45, 7) is 0.390. The van der Waals surface area contributed by atoms with E-state index in [1.807, 2.05) is 6.07 Å². The number of carbonyl (C=O) groups excluding carboxylic acids is 5. The number of primary amides is 1. The van der Waals surface area contributed by atoms with Crippen molar-refractivity contribution in [2.75, 3.05) is 11.9 Å². The number of rotatable bonds is 6. The van der Waals surface area contributed by atoms with Crippen LogP contribution in [-0.2, 0) is 16.0 Å². The normalized spacial score (nSPS) is 18.1. The third-order valence-corrected chi connectivity index (χ3v) is 5.46. The minimum atomic E-state index is -1.01. The number of nitrogens with two attached hydrogens (primary N) is 1. The van der Waals surface area contributed by atoms with Crippen LogP contribution in [0.2, 0.25) is 0 Å². The number of carbonyl (C=O) groups is 5. The molecule has 1 unspecified atom stereocenters. The fourth-order valence-corrected chi connectivity index (χ4v) is 3.97. The lowest BCUT2D eigenvalue weighted by atomic mass is 10.0. The van der Waals surface area contributed by atoms with Gasteiger partial charge in [0.2, 0.25) is 17.7 Å². The molecule has 0 spiro atoms. The summed E-state index contributed by atoms with van der Waals surface area (Å²) in [6.07, 6.45) is 0.638. The minimum Gasteiger partial charge on any atom is -0.384 e. The van der Waals surface area contributed by atoms with E-state index in [0.29, 0.717) is 24.2 Å². The summed E-state index contributed by atoms with van der Waals surface area (Å²) in [5, 5.41) is 5.32. The van der Waals surface area contributed by atoms with Crippen molar-refractivity contribution in [3.63, 3.8) is 0 Å². The third kappa shape index (κ3) is 3.65. The third-order valence-electron chi connectivity index (χ3n) is 5.46. The predicted octanol–water partition coefficient (Wildman–Crippen LogP) is 0.841. The molecule has 1 fully saturated rings. The number of benzene rings is 2. The molecular weight excluding hydrogens is 400 g/mol. The number of piperidine rings is 1. The van der Waals surface area contributed by atoms with Crippen LogP contribution in [0.15, 0.2) is 42.5 Å². The number of nitrogens with zero attached hydrogens (tertiary/aromatic N) is 1. The van der Waals surface area contributed by atoms with Gasteiger partial charge in [-0.1, -0.05) is 24.3 Å². The van der Waals surface area contributed by atoms with E-state index in [0.717, 1.165) is 10.5 Å². The van der Waals surface area contributed by atoms with Crippen molar-refractivity contribution in [3.05, 3.63) is 64.7 Å². The second-order valence-corrected chi connectivity index (χ2v) is 7.37. The highest BCUT2D eigenvalue weighted by atomic mass is 16.2. The maximum Gasteiger partial charge on any atom is 0.264 e. The van der Waals surface area contributed by atoms with Gasteiger partial charge >= 0.3 is 0 Å². The van der Waals surface area contributed by atoms with Gasteiger partial charge in [0.15, 0.2) is 0 Å². The molecule has 9 nitrogen and oxygen atoms in total. The fraction of sp³-hybridized carbons (Fsp3) is 0.227. The average molecular weight is 420 g/mol. The van der Waals surface area contributed by atoms with Gasteiger partial charge in [0, 0.05) is 24.2 Å².